The summed E-state index contributed by atoms with van der Waals surface area (Å²) >= 11 is 1.48. The van der Waals surface area contributed by atoms with E-state index in [9.17, 15) is 14.4 Å². The van der Waals surface area contributed by atoms with Crippen molar-refractivity contribution in [2.45, 2.75) is 88.3 Å². The Morgan fingerprint density at radius 3 is 2.34 bits per heavy atom. The highest BCUT2D eigenvalue weighted by Crippen LogP contribution is 2.58. The molecule has 3 rings (SSSR count). The van der Waals surface area contributed by atoms with Crippen molar-refractivity contribution in [3.05, 3.63) is 22.7 Å². The molecule has 4 atom stereocenters. The van der Waals surface area contributed by atoms with Crippen LogP contribution in [0.4, 0.5) is 5.82 Å². The number of carbonyl (C=O) groups excluding carboxylic acids is 2. The van der Waals surface area contributed by atoms with Gasteiger partial charge in [-0.05, 0) is 6.07 Å². The molecule has 2 aliphatic heterocycles. The van der Waals surface area contributed by atoms with E-state index in [0.717, 1.165) is 0 Å². The van der Waals surface area contributed by atoms with E-state index in [1.54, 1.807) is 12.3 Å². The van der Waals surface area contributed by atoms with Crippen LogP contribution in [0.1, 0.15) is 60.8 Å². The topological polar surface area (TPSA) is 109 Å². The lowest BCUT2D eigenvalue weighted by molar-refractivity contribution is -0.154. The predicted octanol–water partition coefficient (Wildman–Crippen LogP) is 3.21. The van der Waals surface area contributed by atoms with Gasteiger partial charge in [0.25, 0.3) is 0 Å². The van der Waals surface area contributed by atoms with Crippen molar-refractivity contribution in [2.24, 2.45) is 0 Å². The fraction of sp³-hybridized carbons (Fsp3) is 0.714. The molecule has 0 aliphatic carbocycles. The van der Waals surface area contributed by atoms with Crippen molar-refractivity contribution >= 4 is 38.0 Å². The number of nitrogens with one attached hydrogen (secondary N) is 1. The molecular weight excluding hydrogens is 450 g/mol. The molecule has 0 bridgehead atoms. The summed E-state index contributed by atoms with van der Waals surface area (Å²) in [5.74, 6) is -0.578. The van der Waals surface area contributed by atoms with E-state index in [1.165, 1.54) is 30.2 Å². The summed E-state index contributed by atoms with van der Waals surface area (Å²) < 4.78 is 20.6. The van der Waals surface area contributed by atoms with E-state index in [0.29, 0.717) is 6.61 Å². The molecule has 0 unspecified atom stereocenters. The van der Waals surface area contributed by atoms with Crippen LogP contribution in [0.25, 0.3) is 0 Å². The number of anilines is 1. The first-order valence-electron chi connectivity index (χ1n) is 10.7. The zero-order valence-electron chi connectivity index (χ0n) is 19.9. The van der Waals surface area contributed by atoms with Crippen LogP contribution in [0.3, 0.4) is 0 Å². The monoisotopic (exact) mass is 483 g/mol. The third-order valence-corrected chi connectivity index (χ3v) is 12.4. The van der Waals surface area contributed by atoms with Crippen LogP contribution in [0.2, 0.25) is 10.1 Å². The molecule has 1 aromatic rings. The predicted molar refractivity (Wildman–Crippen MR) is 125 cm³/mol. The minimum absolute atomic E-state index is 0.100. The van der Waals surface area contributed by atoms with Gasteiger partial charge in [-0.1, -0.05) is 41.5 Å². The molecule has 3 heterocycles. The van der Waals surface area contributed by atoms with E-state index in [1.807, 2.05) is 0 Å². The second kappa shape index (κ2) is 8.58. The van der Waals surface area contributed by atoms with Gasteiger partial charge in [-0.15, -0.1) is 11.8 Å². The summed E-state index contributed by atoms with van der Waals surface area (Å²) in [5.41, 5.74) is -0.541. The molecular formula is C21H33N3O6SSi. The summed E-state index contributed by atoms with van der Waals surface area (Å²) in [6.45, 7) is 15.9. The molecule has 32 heavy (non-hydrogen) atoms. The Morgan fingerprint density at radius 1 is 1.22 bits per heavy atom. The number of fused-ring (bicyclic) bond motifs is 1. The van der Waals surface area contributed by atoms with Crippen molar-refractivity contribution in [3.63, 3.8) is 0 Å². The molecule has 2 aliphatic rings. The Kier molecular flexibility index (Phi) is 6.69. The Bertz CT molecular complexity index is 940. The van der Waals surface area contributed by atoms with Gasteiger partial charge in [0.1, 0.15) is 17.3 Å². The number of ether oxygens (including phenoxy) is 1. The van der Waals surface area contributed by atoms with Gasteiger partial charge in [0.15, 0.2) is 6.10 Å². The maximum Gasteiger partial charge on any atom is 0.350 e. The summed E-state index contributed by atoms with van der Waals surface area (Å²) in [4.78, 5) is 40.0. The highest BCUT2D eigenvalue weighted by atomic mass is 32.2. The van der Waals surface area contributed by atoms with Gasteiger partial charge >= 0.3 is 20.2 Å². The van der Waals surface area contributed by atoms with E-state index in [2.05, 4.69) is 51.8 Å². The summed E-state index contributed by atoms with van der Waals surface area (Å²) in [6, 6.07) is 1.55. The minimum atomic E-state index is -2.79. The van der Waals surface area contributed by atoms with E-state index < -0.39 is 37.8 Å². The van der Waals surface area contributed by atoms with Crippen LogP contribution in [0, 0.1) is 0 Å². The minimum Gasteiger partial charge on any atom is -0.457 e. The summed E-state index contributed by atoms with van der Waals surface area (Å²) in [7, 11) is -2.79. The van der Waals surface area contributed by atoms with Crippen LogP contribution < -0.4 is 11.0 Å². The molecule has 1 N–H and O–H groups in total. The van der Waals surface area contributed by atoms with E-state index >= 15 is 0 Å². The number of hydrogen-bond acceptors (Lipinski definition) is 8. The smallest absolute Gasteiger partial charge is 0.350 e. The molecule has 178 valence electrons. The first kappa shape index (κ1) is 24.9. The van der Waals surface area contributed by atoms with Gasteiger partial charge in [-0.2, -0.15) is 4.98 Å². The molecule has 1 amide bonds. The van der Waals surface area contributed by atoms with Crippen LogP contribution in [-0.2, 0) is 23.2 Å². The van der Waals surface area contributed by atoms with Crippen molar-refractivity contribution in [3.8, 4) is 0 Å². The van der Waals surface area contributed by atoms with Gasteiger partial charge in [-0.3, -0.25) is 14.2 Å². The first-order chi connectivity index (χ1) is 14.7. The highest BCUT2D eigenvalue weighted by molar-refractivity contribution is 8.00. The highest BCUT2D eigenvalue weighted by Gasteiger charge is 2.65. The van der Waals surface area contributed by atoms with Gasteiger partial charge in [0.2, 0.25) is 5.91 Å². The number of hydrogen-bond donors (Lipinski definition) is 1. The average molecular weight is 484 g/mol. The van der Waals surface area contributed by atoms with Crippen LogP contribution >= 0.6 is 11.8 Å². The van der Waals surface area contributed by atoms with Gasteiger partial charge in [0, 0.05) is 30.1 Å². The van der Waals surface area contributed by atoms with Crippen molar-refractivity contribution in [2.75, 3.05) is 11.9 Å². The summed E-state index contributed by atoms with van der Waals surface area (Å²) in [6.07, 6.45) is 0.481. The SMILES string of the molecule is CC(=O)Nc1ccn([C@@H]2S[C@@H]3CO[Si](C(C)(C)C)(C(C)(C)C)O[C@H]3[C@H]2OC(C)=O)c(=O)n1. The number of thioether (sulfide) groups is 1. The molecule has 0 saturated carbocycles. The molecule has 2 fully saturated rings. The lowest BCUT2D eigenvalue weighted by atomic mass is 10.1. The Labute approximate surface area is 193 Å². The second-order valence-corrected chi connectivity index (χ2v) is 16.5. The lowest BCUT2D eigenvalue weighted by Gasteiger charge is -2.54. The average Bonchev–Trinajstić information content (AvgIpc) is 2.96. The molecule has 11 heteroatoms. The standard InChI is InChI=1S/C21H33N3O6SSi/c1-12(25)22-15-9-10-24(19(27)23-15)18-17(29-13(2)26)16-14(31-18)11-28-32(30-16,20(3,4)5)21(6,7)8/h9-10,14,16-18H,11H2,1-8H3,(H,22,23,25,27)/t14-,16-,17-,18-/m1/s1. The zero-order chi connectivity index (χ0) is 24.1. The number of esters is 1. The fourth-order valence-electron chi connectivity index (χ4n) is 4.72. The van der Waals surface area contributed by atoms with Gasteiger partial charge in [-0.25, -0.2) is 4.79 Å². The number of nitrogens with zero attached hydrogens (tertiary/aromatic N) is 2. The van der Waals surface area contributed by atoms with Crippen LogP contribution in [-0.4, -0.2) is 54.1 Å². The van der Waals surface area contributed by atoms with Crippen molar-refractivity contribution in [1.29, 1.82) is 0 Å². The largest absolute Gasteiger partial charge is 0.457 e. The van der Waals surface area contributed by atoms with Crippen molar-refractivity contribution in [1.82, 2.24) is 9.55 Å². The van der Waals surface area contributed by atoms with Crippen molar-refractivity contribution < 1.29 is 23.2 Å². The maximum atomic E-state index is 12.8. The third kappa shape index (κ3) is 4.52. The third-order valence-electron chi connectivity index (χ3n) is 5.72. The summed E-state index contributed by atoms with van der Waals surface area (Å²) in [5, 5.41) is 1.44. The van der Waals surface area contributed by atoms with Crippen LogP contribution in [0.15, 0.2) is 17.1 Å². The molecule has 0 radical (unpaired) electrons. The Balaban J connectivity index is 2.00. The van der Waals surface area contributed by atoms with E-state index in [4.69, 9.17) is 13.6 Å². The van der Waals surface area contributed by atoms with Gasteiger partial charge < -0.3 is 18.9 Å². The lowest BCUT2D eigenvalue weighted by Crippen LogP contribution is -2.65. The molecule has 0 spiro atoms. The fourth-order valence-corrected chi connectivity index (χ4v) is 11.5. The Hall–Kier alpha value is -1.69. The normalized spacial score (nSPS) is 27.5. The molecule has 0 aromatic carbocycles. The Morgan fingerprint density at radius 2 is 1.84 bits per heavy atom. The number of rotatable bonds is 3. The van der Waals surface area contributed by atoms with E-state index in [-0.39, 0.29) is 27.1 Å². The second-order valence-electron chi connectivity index (χ2n) is 10.3. The van der Waals surface area contributed by atoms with Crippen LogP contribution in [0.5, 0.6) is 0 Å². The molecule has 9 nitrogen and oxygen atoms in total. The number of aromatic nitrogens is 2. The zero-order valence-corrected chi connectivity index (χ0v) is 21.7. The number of carbonyl (C=O) groups is 2. The number of amides is 1. The van der Waals surface area contributed by atoms with Gasteiger partial charge in [0.05, 0.1) is 11.9 Å². The molecule has 2 saturated heterocycles. The first-order valence-corrected chi connectivity index (χ1v) is 13.4. The molecule has 1 aromatic heterocycles. The maximum absolute atomic E-state index is 12.8. The quantitative estimate of drug-likeness (QED) is 0.516.